The minimum Gasteiger partial charge on any atom is -0.493 e. The predicted molar refractivity (Wildman–Crippen MR) is 69.1 cm³/mol. The SMILES string of the molecule is C=CCOc1c(Br)cc(CCN)cc1OC. The van der Waals surface area contributed by atoms with E-state index in [2.05, 4.69) is 22.5 Å². The molecule has 0 bridgehead atoms. The standard InChI is InChI=1S/C12H16BrNO2/c1-3-6-16-12-10(13)7-9(4-5-14)8-11(12)15-2/h3,7-8H,1,4-6,14H2,2H3. The fraction of sp³-hybridized carbons (Fsp3) is 0.333. The average molecular weight is 286 g/mol. The Labute approximate surface area is 104 Å². The molecule has 0 aliphatic carbocycles. The van der Waals surface area contributed by atoms with Crippen molar-refractivity contribution < 1.29 is 9.47 Å². The molecular weight excluding hydrogens is 270 g/mol. The van der Waals surface area contributed by atoms with Gasteiger partial charge in [0.05, 0.1) is 11.6 Å². The lowest BCUT2D eigenvalue weighted by molar-refractivity contribution is 0.324. The number of hydrogen-bond acceptors (Lipinski definition) is 3. The second-order valence-corrected chi connectivity index (χ2v) is 4.10. The third-order valence-electron chi connectivity index (χ3n) is 2.07. The van der Waals surface area contributed by atoms with Crippen molar-refractivity contribution in [1.29, 1.82) is 0 Å². The van der Waals surface area contributed by atoms with Crippen LogP contribution in [0.15, 0.2) is 29.3 Å². The first-order valence-electron chi connectivity index (χ1n) is 5.03. The van der Waals surface area contributed by atoms with Crippen molar-refractivity contribution in [2.45, 2.75) is 6.42 Å². The van der Waals surface area contributed by atoms with Gasteiger partial charge in [0, 0.05) is 0 Å². The van der Waals surface area contributed by atoms with Crippen LogP contribution in [0.1, 0.15) is 5.56 Å². The van der Waals surface area contributed by atoms with Gasteiger partial charge in [-0.1, -0.05) is 12.7 Å². The molecule has 1 rings (SSSR count). The summed E-state index contributed by atoms with van der Waals surface area (Å²) in [4.78, 5) is 0. The molecule has 4 heteroatoms. The maximum Gasteiger partial charge on any atom is 0.175 e. The molecule has 0 fully saturated rings. The molecule has 0 aromatic heterocycles. The normalized spacial score (nSPS) is 9.94. The molecule has 2 N–H and O–H groups in total. The molecule has 0 spiro atoms. The van der Waals surface area contributed by atoms with Crippen molar-refractivity contribution in [2.24, 2.45) is 5.73 Å². The first kappa shape index (κ1) is 13.1. The van der Waals surface area contributed by atoms with Crippen LogP contribution in [-0.4, -0.2) is 20.3 Å². The van der Waals surface area contributed by atoms with Crippen molar-refractivity contribution in [3.05, 3.63) is 34.8 Å². The Balaban J connectivity index is 3.02. The van der Waals surface area contributed by atoms with E-state index in [0.29, 0.717) is 24.7 Å². The maximum absolute atomic E-state index is 5.52. The predicted octanol–water partition coefficient (Wildman–Crippen LogP) is 2.52. The minimum atomic E-state index is 0.450. The van der Waals surface area contributed by atoms with Crippen molar-refractivity contribution >= 4 is 15.9 Å². The first-order valence-corrected chi connectivity index (χ1v) is 5.82. The highest BCUT2D eigenvalue weighted by molar-refractivity contribution is 9.10. The van der Waals surface area contributed by atoms with Gasteiger partial charge in [-0.2, -0.15) is 0 Å². The van der Waals surface area contributed by atoms with Crippen molar-refractivity contribution in [2.75, 3.05) is 20.3 Å². The van der Waals surface area contributed by atoms with Gasteiger partial charge in [-0.15, -0.1) is 0 Å². The highest BCUT2D eigenvalue weighted by atomic mass is 79.9. The summed E-state index contributed by atoms with van der Waals surface area (Å²) in [5.74, 6) is 1.41. The lowest BCUT2D eigenvalue weighted by Gasteiger charge is -2.13. The summed E-state index contributed by atoms with van der Waals surface area (Å²) < 4.78 is 11.7. The zero-order valence-electron chi connectivity index (χ0n) is 9.33. The topological polar surface area (TPSA) is 44.5 Å². The number of nitrogens with two attached hydrogens (primary N) is 1. The van der Waals surface area contributed by atoms with Gasteiger partial charge >= 0.3 is 0 Å². The van der Waals surface area contributed by atoms with Crippen LogP contribution in [0.4, 0.5) is 0 Å². The van der Waals surface area contributed by atoms with Crippen LogP contribution in [0, 0.1) is 0 Å². The van der Waals surface area contributed by atoms with Crippen LogP contribution < -0.4 is 15.2 Å². The molecule has 0 unspecified atom stereocenters. The first-order chi connectivity index (χ1) is 7.72. The molecular formula is C12H16BrNO2. The number of methoxy groups -OCH3 is 1. The van der Waals surface area contributed by atoms with Crippen LogP contribution in [0.2, 0.25) is 0 Å². The second kappa shape index (κ2) is 6.55. The van der Waals surface area contributed by atoms with Gasteiger partial charge in [0.1, 0.15) is 6.61 Å². The van der Waals surface area contributed by atoms with E-state index in [9.17, 15) is 0 Å². The Bertz CT molecular complexity index is 366. The fourth-order valence-corrected chi connectivity index (χ4v) is 1.97. The van der Waals surface area contributed by atoms with E-state index < -0.39 is 0 Å². The number of rotatable bonds is 6. The van der Waals surface area contributed by atoms with Gasteiger partial charge in [-0.05, 0) is 46.6 Å². The number of benzene rings is 1. The van der Waals surface area contributed by atoms with Crippen LogP contribution in [0.25, 0.3) is 0 Å². The van der Waals surface area contributed by atoms with E-state index in [1.54, 1.807) is 13.2 Å². The molecule has 0 amide bonds. The number of halogens is 1. The average Bonchev–Trinajstić information content (AvgIpc) is 2.27. The molecule has 1 aromatic carbocycles. The summed E-state index contributed by atoms with van der Waals surface area (Å²) in [6.45, 7) is 4.67. The van der Waals surface area contributed by atoms with E-state index in [4.69, 9.17) is 15.2 Å². The van der Waals surface area contributed by atoms with E-state index in [1.807, 2.05) is 12.1 Å². The van der Waals surface area contributed by atoms with Gasteiger partial charge in [0.2, 0.25) is 0 Å². The van der Waals surface area contributed by atoms with E-state index in [1.165, 1.54) is 0 Å². The molecule has 0 saturated heterocycles. The van der Waals surface area contributed by atoms with Crippen LogP contribution in [-0.2, 0) is 6.42 Å². The molecule has 1 aromatic rings. The Morgan fingerprint density at radius 1 is 1.50 bits per heavy atom. The van der Waals surface area contributed by atoms with Gasteiger partial charge < -0.3 is 15.2 Å². The Hall–Kier alpha value is -1.00. The number of hydrogen-bond donors (Lipinski definition) is 1. The second-order valence-electron chi connectivity index (χ2n) is 3.25. The zero-order valence-corrected chi connectivity index (χ0v) is 10.9. The van der Waals surface area contributed by atoms with Crippen LogP contribution >= 0.6 is 15.9 Å². The minimum absolute atomic E-state index is 0.450. The molecule has 0 aliphatic heterocycles. The molecule has 16 heavy (non-hydrogen) atoms. The van der Waals surface area contributed by atoms with E-state index in [0.717, 1.165) is 16.5 Å². The quantitative estimate of drug-likeness (QED) is 0.817. The van der Waals surface area contributed by atoms with E-state index >= 15 is 0 Å². The third kappa shape index (κ3) is 3.25. The summed E-state index contributed by atoms with van der Waals surface area (Å²) in [7, 11) is 1.62. The monoisotopic (exact) mass is 285 g/mol. The fourth-order valence-electron chi connectivity index (χ4n) is 1.37. The summed E-state index contributed by atoms with van der Waals surface area (Å²) in [5.41, 5.74) is 6.64. The van der Waals surface area contributed by atoms with Crippen molar-refractivity contribution in [3.8, 4) is 11.5 Å². The molecule has 0 aliphatic rings. The Kier molecular flexibility index (Phi) is 5.35. The summed E-state index contributed by atoms with van der Waals surface area (Å²) in [6, 6.07) is 3.93. The van der Waals surface area contributed by atoms with Gasteiger partial charge in [0.25, 0.3) is 0 Å². The largest absolute Gasteiger partial charge is 0.493 e. The molecule has 3 nitrogen and oxygen atoms in total. The van der Waals surface area contributed by atoms with Gasteiger partial charge in [-0.3, -0.25) is 0 Å². The van der Waals surface area contributed by atoms with Crippen molar-refractivity contribution in [1.82, 2.24) is 0 Å². The van der Waals surface area contributed by atoms with Crippen LogP contribution in [0.3, 0.4) is 0 Å². The lowest BCUT2D eigenvalue weighted by atomic mass is 10.1. The smallest absolute Gasteiger partial charge is 0.175 e. The molecule has 0 radical (unpaired) electrons. The molecule has 0 heterocycles. The molecule has 88 valence electrons. The third-order valence-corrected chi connectivity index (χ3v) is 2.66. The Morgan fingerprint density at radius 3 is 2.81 bits per heavy atom. The summed E-state index contributed by atoms with van der Waals surface area (Å²) >= 11 is 3.46. The molecule has 0 atom stereocenters. The van der Waals surface area contributed by atoms with Gasteiger partial charge in [-0.25, -0.2) is 0 Å². The highest BCUT2D eigenvalue weighted by Gasteiger charge is 2.10. The Morgan fingerprint density at radius 2 is 2.25 bits per heavy atom. The summed E-state index contributed by atoms with van der Waals surface area (Å²) in [5, 5.41) is 0. The zero-order chi connectivity index (χ0) is 12.0. The molecule has 0 saturated carbocycles. The maximum atomic E-state index is 5.52. The highest BCUT2D eigenvalue weighted by Crippen LogP contribution is 2.36. The van der Waals surface area contributed by atoms with Gasteiger partial charge in [0.15, 0.2) is 11.5 Å². The van der Waals surface area contributed by atoms with Crippen molar-refractivity contribution in [3.63, 3.8) is 0 Å². The number of ether oxygens (including phenoxy) is 2. The summed E-state index contributed by atoms with van der Waals surface area (Å²) in [6.07, 6.45) is 2.51. The van der Waals surface area contributed by atoms with E-state index in [-0.39, 0.29) is 0 Å². The lowest BCUT2D eigenvalue weighted by Crippen LogP contribution is -2.04. The van der Waals surface area contributed by atoms with Crippen LogP contribution in [0.5, 0.6) is 11.5 Å².